The third-order valence-corrected chi connectivity index (χ3v) is 2.83. The van der Waals surface area contributed by atoms with E-state index in [4.69, 9.17) is 10.5 Å². The van der Waals surface area contributed by atoms with Gasteiger partial charge in [-0.15, -0.1) is 0 Å². The Morgan fingerprint density at radius 3 is 2.42 bits per heavy atom. The standard InChI is InChI=1S/C15H24N2O2/c1-15(2,3)8-9-19-14(18)11-6-7-13(17(4)5)12(16)10-11/h6-7,10H,8-9,16H2,1-5H3. The molecule has 0 saturated heterocycles. The van der Waals surface area contributed by atoms with Crippen molar-refractivity contribution in [3.05, 3.63) is 23.8 Å². The minimum atomic E-state index is -0.318. The first kappa shape index (κ1) is 15.3. The van der Waals surface area contributed by atoms with Gasteiger partial charge in [-0.1, -0.05) is 20.8 Å². The number of nitrogen functional groups attached to an aromatic ring is 1. The molecule has 0 saturated carbocycles. The van der Waals surface area contributed by atoms with Gasteiger partial charge in [0.25, 0.3) is 0 Å². The molecule has 0 heterocycles. The van der Waals surface area contributed by atoms with Gasteiger partial charge in [0.05, 0.1) is 23.5 Å². The molecule has 0 amide bonds. The highest BCUT2D eigenvalue weighted by molar-refractivity contribution is 5.92. The van der Waals surface area contributed by atoms with Crippen molar-refractivity contribution in [2.45, 2.75) is 27.2 Å². The molecule has 0 spiro atoms. The first-order valence-electron chi connectivity index (χ1n) is 6.45. The van der Waals surface area contributed by atoms with Crippen LogP contribution in [0.25, 0.3) is 0 Å². The SMILES string of the molecule is CN(C)c1ccc(C(=O)OCCC(C)(C)C)cc1N. The zero-order valence-corrected chi connectivity index (χ0v) is 12.5. The van der Waals surface area contributed by atoms with Crippen molar-refractivity contribution in [3.63, 3.8) is 0 Å². The van der Waals surface area contributed by atoms with E-state index in [0.717, 1.165) is 12.1 Å². The van der Waals surface area contributed by atoms with E-state index < -0.39 is 0 Å². The summed E-state index contributed by atoms with van der Waals surface area (Å²) < 4.78 is 5.25. The highest BCUT2D eigenvalue weighted by Crippen LogP contribution is 2.23. The van der Waals surface area contributed by atoms with Gasteiger partial charge in [-0.3, -0.25) is 0 Å². The first-order chi connectivity index (χ1) is 8.70. The predicted octanol–water partition coefficient (Wildman–Crippen LogP) is 2.93. The van der Waals surface area contributed by atoms with Crippen LogP contribution < -0.4 is 10.6 Å². The van der Waals surface area contributed by atoms with Gasteiger partial charge in [-0.05, 0) is 30.0 Å². The van der Waals surface area contributed by atoms with Crippen LogP contribution in [0.2, 0.25) is 0 Å². The van der Waals surface area contributed by atoms with Gasteiger partial charge in [0, 0.05) is 14.1 Å². The molecule has 0 fully saturated rings. The maximum absolute atomic E-state index is 11.9. The number of carbonyl (C=O) groups excluding carboxylic acids is 1. The van der Waals surface area contributed by atoms with Crippen LogP contribution in [0, 0.1) is 5.41 Å². The van der Waals surface area contributed by atoms with E-state index in [-0.39, 0.29) is 11.4 Å². The van der Waals surface area contributed by atoms with Crippen LogP contribution in [0.15, 0.2) is 18.2 Å². The molecule has 0 radical (unpaired) electrons. The van der Waals surface area contributed by atoms with Gasteiger partial charge in [0.1, 0.15) is 0 Å². The number of benzene rings is 1. The van der Waals surface area contributed by atoms with Gasteiger partial charge in [-0.2, -0.15) is 0 Å². The average molecular weight is 264 g/mol. The van der Waals surface area contributed by atoms with Crippen LogP contribution in [0.1, 0.15) is 37.6 Å². The quantitative estimate of drug-likeness (QED) is 0.671. The Balaban J connectivity index is 2.66. The summed E-state index contributed by atoms with van der Waals surface area (Å²) in [6, 6.07) is 5.23. The van der Waals surface area contributed by atoms with Crippen LogP contribution in [-0.4, -0.2) is 26.7 Å². The summed E-state index contributed by atoms with van der Waals surface area (Å²) in [4.78, 5) is 13.8. The van der Waals surface area contributed by atoms with Crippen LogP contribution in [0.3, 0.4) is 0 Å². The average Bonchev–Trinajstić information content (AvgIpc) is 2.26. The summed E-state index contributed by atoms with van der Waals surface area (Å²) in [7, 11) is 3.82. The monoisotopic (exact) mass is 264 g/mol. The van der Waals surface area contributed by atoms with E-state index in [2.05, 4.69) is 20.8 Å². The fourth-order valence-electron chi connectivity index (χ4n) is 1.62. The minimum Gasteiger partial charge on any atom is -0.462 e. The molecule has 0 aliphatic carbocycles. The second-order valence-electron chi connectivity index (χ2n) is 6.11. The lowest BCUT2D eigenvalue weighted by Crippen LogP contribution is -2.14. The summed E-state index contributed by atoms with van der Waals surface area (Å²) >= 11 is 0. The number of carbonyl (C=O) groups is 1. The summed E-state index contributed by atoms with van der Waals surface area (Å²) in [6.45, 7) is 6.78. The Bertz CT molecular complexity index is 448. The molecule has 0 aliphatic heterocycles. The Labute approximate surface area is 115 Å². The number of ether oxygens (including phenoxy) is 1. The van der Waals surface area contributed by atoms with Crippen molar-refractivity contribution in [2.24, 2.45) is 5.41 Å². The highest BCUT2D eigenvalue weighted by Gasteiger charge is 2.14. The topological polar surface area (TPSA) is 55.6 Å². The van der Waals surface area contributed by atoms with Gasteiger partial charge in [0.2, 0.25) is 0 Å². The van der Waals surface area contributed by atoms with Gasteiger partial charge >= 0.3 is 5.97 Å². The Kier molecular flexibility index (Phi) is 4.81. The van der Waals surface area contributed by atoms with E-state index in [1.165, 1.54) is 0 Å². The van der Waals surface area contributed by atoms with Crippen molar-refractivity contribution in [2.75, 3.05) is 31.3 Å². The lowest BCUT2D eigenvalue weighted by molar-refractivity contribution is 0.0465. The fourth-order valence-corrected chi connectivity index (χ4v) is 1.62. The number of anilines is 2. The van der Waals surface area contributed by atoms with Gasteiger partial charge in [0.15, 0.2) is 0 Å². The second kappa shape index (κ2) is 5.95. The molecule has 0 aromatic heterocycles. The molecule has 19 heavy (non-hydrogen) atoms. The van der Waals surface area contributed by atoms with Crippen molar-refractivity contribution >= 4 is 17.3 Å². The molecule has 0 unspecified atom stereocenters. The molecule has 0 bridgehead atoms. The van der Waals surface area contributed by atoms with E-state index in [9.17, 15) is 4.79 Å². The Hall–Kier alpha value is -1.71. The smallest absolute Gasteiger partial charge is 0.338 e. The van der Waals surface area contributed by atoms with Crippen LogP contribution in [0.5, 0.6) is 0 Å². The van der Waals surface area contributed by atoms with Gasteiger partial charge in [-0.25, -0.2) is 4.79 Å². The van der Waals surface area contributed by atoms with E-state index in [0.29, 0.717) is 17.9 Å². The number of nitrogens with zero attached hydrogens (tertiary/aromatic N) is 1. The maximum Gasteiger partial charge on any atom is 0.338 e. The zero-order chi connectivity index (χ0) is 14.6. The lowest BCUT2D eigenvalue weighted by atomic mass is 9.93. The van der Waals surface area contributed by atoms with Crippen molar-refractivity contribution in [1.82, 2.24) is 0 Å². The molecule has 2 N–H and O–H groups in total. The van der Waals surface area contributed by atoms with Crippen LogP contribution in [-0.2, 0) is 4.74 Å². The lowest BCUT2D eigenvalue weighted by Gasteiger charge is -2.18. The largest absolute Gasteiger partial charge is 0.462 e. The second-order valence-corrected chi connectivity index (χ2v) is 6.11. The summed E-state index contributed by atoms with van der Waals surface area (Å²) in [6.07, 6.45) is 0.837. The van der Waals surface area contributed by atoms with E-state index >= 15 is 0 Å². The fraction of sp³-hybridized carbons (Fsp3) is 0.533. The number of esters is 1. The third kappa shape index (κ3) is 4.81. The number of rotatable bonds is 4. The molecular weight excluding hydrogens is 240 g/mol. The summed E-state index contributed by atoms with van der Waals surface area (Å²) in [5.74, 6) is -0.318. The minimum absolute atomic E-state index is 0.161. The predicted molar refractivity (Wildman–Crippen MR) is 79.5 cm³/mol. The third-order valence-electron chi connectivity index (χ3n) is 2.83. The molecule has 0 aliphatic rings. The molecule has 4 heteroatoms. The van der Waals surface area contributed by atoms with Crippen LogP contribution >= 0.6 is 0 Å². The molecular formula is C15H24N2O2. The number of hydrogen-bond donors (Lipinski definition) is 1. The number of hydrogen-bond acceptors (Lipinski definition) is 4. The van der Waals surface area contributed by atoms with Crippen molar-refractivity contribution in [3.8, 4) is 0 Å². The highest BCUT2D eigenvalue weighted by atomic mass is 16.5. The molecule has 1 aromatic carbocycles. The van der Waals surface area contributed by atoms with E-state index in [1.54, 1.807) is 12.1 Å². The maximum atomic E-state index is 11.9. The Morgan fingerprint density at radius 1 is 1.32 bits per heavy atom. The summed E-state index contributed by atoms with van der Waals surface area (Å²) in [5, 5.41) is 0. The Morgan fingerprint density at radius 2 is 1.95 bits per heavy atom. The van der Waals surface area contributed by atoms with Crippen molar-refractivity contribution in [1.29, 1.82) is 0 Å². The molecule has 106 valence electrons. The normalized spacial score (nSPS) is 11.2. The van der Waals surface area contributed by atoms with E-state index in [1.807, 2.05) is 25.1 Å². The molecule has 1 rings (SSSR count). The van der Waals surface area contributed by atoms with Crippen LogP contribution in [0.4, 0.5) is 11.4 Å². The van der Waals surface area contributed by atoms with Crippen molar-refractivity contribution < 1.29 is 9.53 Å². The molecule has 0 atom stereocenters. The van der Waals surface area contributed by atoms with Gasteiger partial charge < -0.3 is 15.4 Å². The first-order valence-corrected chi connectivity index (χ1v) is 6.45. The number of nitrogens with two attached hydrogens (primary N) is 1. The zero-order valence-electron chi connectivity index (χ0n) is 12.5. The summed E-state index contributed by atoms with van der Waals surface area (Å²) in [5.41, 5.74) is 8.04. The molecule has 1 aromatic rings. The molecule has 4 nitrogen and oxygen atoms in total.